The van der Waals surface area contributed by atoms with Crippen molar-refractivity contribution in [2.45, 2.75) is 57.1 Å². The summed E-state index contributed by atoms with van der Waals surface area (Å²) in [6.07, 6.45) is 7.72. The van der Waals surface area contributed by atoms with Gasteiger partial charge in [-0.2, -0.15) is 0 Å². The number of carbonyl (C=O) groups excluding carboxylic acids is 1. The second-order valence-electron chi connectivity index (χ2n) is 6.53. The molecule has 7 heteroatoms. The smallest absolute Gasteiger partial charge is 0.317 e. The van der Waals surface area contributed by atoms with E-state index in [1.54, 1.807) is 19.2 Å². The van der Waals surface area contributed by atoms with Crippen LogP contribution >= 0.6 is 0 Å². The molecule has 0 spiro atoms. The first-order valence-corrected chi connectivity index (χ1v) is 8.84. The van der Waals surface area contributed by atoms with Crippen molar-refractivity contribution in [3.05, 3.63) is 12.1 Å². The zero-order chi connectivity index (χ0) is 16.8. The Bertz CT molecular complexity index is 531. The van der Waals surface area contributed by atoms with Crippen molar-refractivity contribution in [1.82, 2.24) is 20.4 Å². The maximum Gasteiger partial charge on any atom is 0.317 e. The highest BCUT2D eigenvalue weighted by molar-refractivity contribution is 5.74. The molecule has 2 fully saturated rings. The average Bonchev–Trinajstić information content (AvgIpc) is 2.63. The Kier molecular flexibility index (Phi) is 5.72. The quantitative estimate of drug-likeness (QED) is 0.915. The van der Waals surface area contributed by atoms with Crippen molar-refractivity contribution in [3.63, 3.8) is 0 Å². The van der Waals surface area contributed by atoms with Crippen molar-refractivity contribution < 1.29 is 14.3 Å². The van der Waals surface area contributed by atoms with E-state index in [2.05, 4.69) is 15.5 Å². The molecule has 1 atom stereocenters. The Labute approximate surface area is 142 Å². The van der Waals surface area contributed by atoms with Gasteiger partial charge < -0.3 is 19.7 Å². The van der Waals surface area contributed by atoms with E-state index < -0.39 is 0 Å². The van der Waals surface area contributed by atoms with Crippen molar-refractivity contribution in [1.29, 1.82) is 0 Å². The predicted molar refractivity (Wildman–Crippen MR) is 89.2 cm³/mol. The Morgan fingerprint density at radius 1 is 1.12 bits per heavy atom. The number of hydrogen-bond donors (Lipinski definition) is 1. The second kappa shape index (κ2) is 8.17. The number of hydrogen-bond acceptors (Lipinski definition) is 5. The van der Waals surface area contributed by atoms with E-state index in [1.807, 2.05) is 4.90 Å². The van der Waals surface area contributed by atoms with Gasteiger partial charge in [-0.15, -0.1) is 10.2 Å². The number of nitrogens with zero attached hydrogens (tertiary/aromatic N) is 3. The number of piperidine rings is 1. The molecule has 1 aromatic heterocycles. The lowest BCUT2D eigenvalue weighted by atomic mass is 9.96. The molecule has 2 aliphatic rings. The van der Waals surface area contributed by atoms with Crippen LogP contribution in [0.3, 0.4) is 0 Å². The molecule has 1 aliphatic heterocycles. The summed E-state index contributed by atoms with van der Waals surface area (Å²) in [5, 5.41) is 11.1. The number of urea groups is 1. The summed E-state index contributed by atoms with van der Waals surface area (Å²) in [7, 11) is 1.55. The van der Waals surface area contributed by atoms with Crippen LogP contribution in [-0.4, -0.2) is 53.5 Å². The molecule has 2 heterocycles. The number of methoxy groups -OCH3 is 1. The summed E-state index contributed by atoms with van der Waals surface area (Å²) in [5.41, 5.74) is 0. The van der Waals surface area contributed by atoms with E-state index in [1.165, 1.54) is 19.3 Å². The van der Waals surface area contributed by atoms with Crippen LogP contribution in [0.1, 0.15) is 44.9 Å². The minimum Gasteiger partial charge on any atom is -0.480 e. The molecule has 0 aromatic carbocycles. The first-order chi connectivity index (χ1) is 11.7. The van der Waals surface area contributed by atoms with Gasteiger partial charge >= 0.3 is 6.03 Å². The van der Waals surface area contributed by atoms with Gasteiger partial charge in [0.15, 0.2) is 0 Å². The monoisotopic (exact) mass is 334 g/mol. The Balaban J connectivity index is 1.50. The van der Waals surface area contributed by atoms with Crippen LogP contribution in [0.4, 0.5) is 4.79 Å². The van der Waals surface area contributed by atoms with Gasteiger partial charge in [0.25, 0.3) is 0 Å². The van der Waals surface area contributed by atoms with E-state index in [0.717, 1.165) is 32.2 Å². The molecule has 1 unspecified atom stereocenters. The molecule has 0 radical (unpaired) electrons. The lowest BCUT2D eigenvalue weighted by Crippen LogP contribution is -2.51. The van der Waals surface area contributed by atoms with Gasteiger partial charge in [-0.1, -0.05) is 19.3 Å². The first-order valence-electron chi connectivity index (χ1n) is 8.84. The van der Waals surface area contributed by atoms with Crippen LogP contribution in [0.2, 0.25) is 0 Å². The van der Waals surface area contributed by atoms with E-state index in [4.69, 9.17) is 9.47 Å². The fourth-order valence-electron chi connectivity index (χ4n) is 3.38. The number of carbonyl (C=O) groups is 1. The van der Waals surface area contributed by atoms with Crippen LogP contribution in [0, 0.1) is 0 Å². The van der Waals surface area contributed by atoms with E-state index in [9.17, 15) is 4.79 Å². The number of ether oxygens (including phenoxy) is 2. The van der Waals surface area contributed by atoms with Crippen LogP contribution in [-0.2, 0) is 0 Å². The zero-order valence-electron chi connectivity index (χ0n) is 14.2. The van der Waals surface area contributed by atoms with Crippen molar-refractivity contribution in [3.8, 4) is 11.8 Å². The van der Waals surface area contributed by atoms with Gasteiger partial charge in [0, 0.05) is 24.7 Å². The molecule has 1 N–H and O–H groups in total. The van der Waals surface area contributed by atoms with Crippen LogP contribution in [0.15, 0.2) is 12.1 Å². The lowest BCUT2D eigenvalue weighted by Gasteiger charge is -2.34. The molecule has 1 aliphatic carbocycles. The minimum absolute atomic E-state index is 0.0380. The van der Waals surface area contributed by atoms with Gasteiger partial charge in [0.2, 0.25) is 11.8 Å². The number of amides is 2. The maximum atomic E-state index is 12.5. The first kappa shape index (κ1) is 16.8. The second-order valence-corrected chi connectivity index (χ2v) is 6.53. The maximum absolute atomic E-state index is 12.5. The summed E-state index contributed by atoms with van der Waals surface area (Å²) in [4.78, 5) is 14.3. The standard InChI is InChI=1S/C17H26N4O3/c1-23-15-9-10-16(20-19-15)24-14-8-5-11-21(12-14)17(22)18-13-6-3-2-4-7-13/h9-10,13-14H,2-8,11-12H2,1H3,(H,18,22). The number of rotatable bonds is 4. The largest absolute Gasteiger partial charge is 0.480 e. The average molecular weight is 334 g/mol. The normalized spacial score (nSPS) is 22.0. The highest BCUT2D eigenvalue weighted by atomic mass is 16.5. The zero-order valence-corrected chi connectivity index (χ0v) is 14.2. The fraction of sp³-hybridized carbons (Fsp3) is 0.706. The summed E-state index contributed by atoms with van der Waals surface area (Å²) < 4.78 is 10.9. The fourth-order valence-corrected chi connectivity index (χ4v) is 3.38. The molecule has 3 rings (SSSR count). The Hall–Kier alpha value is -2.05. The number of nitrogens with one attached hydrogen (secondary N) is 1. The van der Waals surface area contributed by atoms with Crippen molar-refractivity contribution >= 4 is 6.03 Å². The summed E-state index contributed by atoms with van der Waals surface area (Å²) in [6.45, 7) is 1.37. The Morgan fingerprint density at radius 2 is 1.88 bits per heavy atom. The molecule has 1 saturated carbocycles. The van der Waals surface area contributed by atoms with Gasteiger partial charge in [-0.25, -0.2) is 4.79 Å². The molecular weight excluding hydrogens is 308 g/mol. The minimum atomic E-state index is -0.0430. The van der Waals surface area contributed by atoms with Gasteiger partial charge in [-0.05, 0) is 25.7 Å². The van der Waals surface area contributed by atoms with E-state index in [0.29, 0.717) is 24.3 Å². The van der Waals surface area contributed by atoms with Gasteiger partial charge in [0.05, 0.1) is 13.7 Å². The van der Waals surface area contributed by atoms with Crippen LogP contribution in [0.25, 0.3) is 0 Å². The van der Waals surface area contributed by atoms with Crippen molar-refractivity contribution in [2.75, 3.05) is 20.2 Å². The predicted octanol–water partition coefficient (Wildman–Crippen LogP) is 2.37. The van der Waals surface area contributed by atoms with Gasteiger partial charge in [-0.3, -0.25) is 0 Å². The molecule has 24 heavy (non-hydrogen) atoms. The lowest BCUT2D eigenvalue weighted by molar-refractivity contribution is 0.0950. The number of likely N-dealkylation sites (tertiary alicyclic amines) is 1. The summed E-state index contributed by atoms with van der Waals surface area (Å²) in [6, 6.07) is 3.84. The van der Waals surface area contributed by atoms with Crippen LogP contribution in [0.5, 0.6) is 11.8 Å². The Morgan fingerprint density at radius 3 is 2.58 bits per heavy atom. The van der Waals surface area contributed by atoms with Crippen molar-refractivity contribution in [2.24, 2.45) is 0 Å². The highest BCUT2D eigenvalue weighted by Crippen LogP contribution is 2.20. The molecule has 132 valence electrons. The molecule has 1 aromatic rings. The summed E-state index contributed by atoms with van der Waals surface area (Å²) >= 11 is 0. The third kappa shape index (κ3) is 4.49. The highest BCUT2D eigenvalue weighted by Gasteiger charge is 2.27. The topological polar surface area (TPSA) is 76.6 Å². The van der Waals surface area contributed by atoms with Crippen LogP contribution < -0.4 is 14.8 Å². The molecule has 7 nitrogen and oxygen atoms in total. The van der Waals surface area contributed by atoms with Gasteiger partial charge in [0.1, 0.15) is 6.10 Å². The molecule has 1 saturated heterocycles. The third-order valence-corrected chi connectivity index (χ3v) is 4.71. The number of aromatic nitrogens is 2. The molecular formula is C17H26N4O3. The van der Waals surface area contributed by atoms with E-state index in [-0.39, 0.29) is 12.1 Å². The summed E-state index contributed by atoms with van der Waals surface area (Å²) in [5.74, 6) is 0.926. The SMILES string of the molecule is COc1ccc(OC2CCCN(C(=O)NC3CCCCC3)C2)nn1. The third-order valence-electron chi connectivity index (χ3n) is 4.71. The molecule has 2 amide bonds. The van der Waals surface area contributed by atoms with E-state index >= 15 is 0 Å². The molecule has 0 bridgehead atoms.